The van der Waals surface area contributed by atoms with E-state index in [1.165, 1.54) is 42.5 Å². The number of carbonyl (C=O) groups excluding carboxylic acids is 1. The Hall–Kier alpha value is -3.83. The average Bonchev–Trinajstić information content (AvgIpc) is 3.15. The molecule has 1 atom stereocenters. The monoisotopic (exact) mass is 573 g/mol. The van der Waals surface area contributed by atoms with Gasteiger partial charge in [0.15, 0.2) is 11.5 Å². The first kappa shape index (κ1) is 28.2. The van der Waals surface area contributed by atoms with Crippen molar-refractivity contribution in [2.45, 2.75) is 18.7 Å². The number of hydrogen-bond acceptors (Lipinski definition) is 6. The topological polar surface area (TPSA) is 76.1 Å². The fourth-order valence-electron chi connectivity index (χ4n) is 3.75. The second-order valence-electron chi connectivity index (χ2n) is 8.40. The number of ether oxygens (including phenoxy) is 2. The number of alkyl halides is 3. The Labute approximate surface area is 232 Å². The van der Waals surface area contributed by atoms with Gasteiger partial charge in [-0.25, -0.2) is 0 Å². The zero-order chi connectivity index (χ0) is 28.0. The number of thiocarbonyl (C=S) groups is 1. The minimum atomic E-state index is -4.72. The molecule has 0 aromatic heterocycles. The molecule has 3 aromatic carbocycles. The van der Waals surface area contributed by atoms with Crippen molar-refractivity contribution < 1.29 is 37.3 Å². The third-order valence-electron chi connectivity index (χ3n) is 5.57. The number of amides is 1. The Morgan fingerprint density at radius 2 is 1.69 bits per heavy atom. The summed E-state index contributed by atoms with van der Waals surface area (Å²) in [4.78, 5) is 24.8. The van der Waals surface area contributed by atoms with E-state index in [9.17, 15) is 22.8 Å². The van der Waals surface area contributed by atoms with E-state index < -0.39 is 30.7 Å². The molecule has 0 unspecified atom stereocenters. The molecule has 3 aromatic rings. The summed E-state index contributed by atoms with van der Waals surface area (Å²) in [6, 6.07) is 21.1. The lowest BCUT2D eigenvalue weighted by Gasteiger charge is -2.24. The highest BCUT2D eigenvalue weighted by molar-refractivity contribution is 8.26. The van der Waals surface area contributed by atoms with E-state index in [1.807, 2.05) is 30.3 Å². The normalized spacial score (nSPS) is 15.5. The minimum Gasteiger partial charge on any atom is -0.489 e. The van der Waals surface area contributed by atoms with Crippen molar-refractivity contribution in [2.75, 3.05) is 13.2 Å². The summed E-state index contributed by atoms with van der Waals surface area (Å²) in [5.41, 5.74) is 1.27. The van der Waals surface area contributed by atoms with Crippen LogP contribution in [0.2, 0.25) is 0 Å². The smallest absolute Gasteiger partial charge is 0.429 e. The van der Waals surface area contributed by atoms with E-state index in [4.69, 9.17) is 26.8 Å². The number of carboxylic acid groups (broad SMARTS) is 1. The summed E-state index contributed by atoms with van der Waals surface area (Å²) >= 11 is 6.02. The zero-order valence-corrected chi connectivity index (χ0v) is 21.9. The Morgan fingerprint density at radius 3 is 2.33 bits per heavy atom. The van der Waals surface area contributed by atoms with Crippen molar-refractivity contribution in [3.63, 3.8) is 0 Å². The van der Waals surface area contributed by atoms with E-state index in [2.05, 4.69) is 0 Å². The largest absolute Gasteiger partial charge is 0.489 e. The molecule has 202 valence electrons. The Bertz CT molecular complexity index is 1380. The number of thioether (sulfide) groups is 1. The second kappa shape index (κ2) is 12.4. The maximum Gasteiger partial charge on any atom is 0.429 e. The van der Waals surface area contributed by atoms with Crippen LogP contribution in [0.4, 0.5) is 13.2 Å². The summed E-state index contributed by atoms with van der Waals surface area (Å²) in [7, 11) is 0. The van der Waals surface area contributed by atoms with E-state index in [1.54, 1.807) is 12.1 Å². The first-order chi connectivity index (χ1) is 18.6. The first-order valence-corrected chi connectivity index (χ1v) is 12.9. The van der Waals surface area contributed by atoms with Crippen LogP contribution in [0, 0.1) is 0 Å². The van der Waals surface area contributed by atoms with Gasteiger partial charge >= 0.3 is 12.1 Å². The van der Waals surface area contributed by atoms with Crippen LogP contribution < -0.4 is 9.47 Å². The highest BCUT2D eigenvalue weighted by atomic mass is 32.2. The lowest BCUT2D eigenvalue weighted by Crippen LogP contribution is -2.33. The van der Waals surface area contributed by atoms with Crippen LogP contribution >= 0.6 is 24.0 Å². The Balaban J connectivity index is 1.65. The maximum absolute atomic E-state index is 14.1. The Morgan fingerprint density at radius 1 is 1.03 bits per heavy atom. The van der Waals surface area contributed by atoms with Crippen LogP contribution in [0.3, 0.4) is 0 Å². The van der Waals surface area contributed by atoms with Crippen molar-refractivity contribution in [1.29, 1.82) is 0 Å². The third-order valence-corrected chi connectivity index (χ3v) is 6.95. The molecule has 39 heavy (non-hydrogen) atoms. The summed E-state index contributed by atoms with van der Waals surface area (Å²) in [6.45, 7) is -0.398. The molecule has 0 saturated carbocycles. The molecule has 0 bridgehead atoms. The number of halogens is 3. The van der Waals surface area contributed by atoms with Crippen LogP contribution in [-0.4, -0.2) is 45.5 Å². The lowest BCUT2D eigenvalue weighted by molar-refractivity contribution is -0.198. The molecule has 1 N–H and O–H groups in total. The number of carbonyl (C=O) groups is 2. The second-order valence-corrected chi connectivity index (χ2v) is 10.1. The Kier molecular flexibility index (Phi) is 8.93. The molecule has 11 heteroatoms. The summed E-state index contributed by atoms with van der Waals surface area (Å²) in [5.74, 6) is -1.88. The number of nitrogens with zero attached hydrogens (tertiary/aromatic N) is 1. The van der Waals surface area contributed by atoms with E-state index in [-0.39, 0.29) is 32.9 Å². The van der Waals surface area contributed by atoms with Gasteiger partial charge in [0.05, 0.1) is 11.5 Å². The molecule has 1 fully saturated rings. The third kappa shape index (κ3) is 7.39. The fraction of sp³-hybridized carbons (Fsp3) is 0.179. The van der Waals surface area contributed by atoms with E-state index in [0.29, 0.717) is 12.0 Å². The standard InChI is InChI=1S/C28H22F3NO5S2/c29-28(30,31)25(20-9-5-2-6-10-20)37-22-15-19(16-23-26(35)32(17-24(33)34)27(38)39-23)11-12-21(22)36-14-13-18-7-3-1-4-8-18/h1-12,15-16,25H,13-14,17H2,(H,33,34)/t25-/m0/s1. The molecule has 1 heterocycles. The van der Waals surface area contributed by atoms with Crippen molar-refractivity contribution in [3.8, 4) is 11.5 Å². The molecule has 1 amide bonds. The highest BCUT2D eigenvalue weighted by Gasteiger charge is 2.43. The molecule has 1 saturated heterocycles. The van der Waals surface area contributed by atoms with Gasteiger partial charge < -0.3 is 14.6 Å². The van der Waals surface area contributed by atoms with Crippen molar-refractivity contribution in [3.05, 3.63) is 100 Å². The van der Waals surface area contributed by atoms with Crippen molar-refractivity contribution >= 4 is 46.3 Å². The average molecular weight is 574 g/mol. The zero-order valence-electron chi connectivity index (χ0n) is 20.3. The van der Waals surface area contributed by atoms with Gasteiger partial charge in [-0.1, -0.05) is 90.7 Å². The minimum absolute atomic E-state index is 0.0761. The van der Waals surface area contributed by atoms with Gasteiger partial charge in [-0.3, -0.25) is 14.5 Å². The van der Waals surface area contributed by atoms with Crippen LogP contribution in [-0.2, 0) is 16.0 Å². The van der Waals surface area contributed by atoms with Gasteiger partial charge in [0, 0.05) is 12.0 Å². The lowest BCUT2D eigenvalue weighted by atomic mass is 10.1. The van der Waals surface area contributed by atoms with Gasteiger partial charge in [0.25, 0.3) is 5.91 Å². The molecule has 0 radical (unpaired) electrons. The summed E-state index contributed by atoms with van der Waals surface area (Å²) in [5, 5.41) is 9.03. The number of benzene rings is 3. The number of carboxylic acids is 1. The quantitative estimate of drug-likeness (QED) is 0.226. The van der Waals surface area contributed by atoms with Crippen molar-refractivity contribution in [1.82, 2.24) is 4.90 Å². The number of rotatable bonds is 10. The van der Waals surface area contributed by atoms with Crippen LogP contribution in [0.1, 0.15) is 22.8 Å². The fourth-order valence-corrected chi connectivity index (χ4v) is 5.01. The molecule has 0 aliphatic carbocycles. The predicted molar refractivity (Wildman–Crippen MR) is 145 cm³/mol. The molecular weight excluding hydrogens is 551 g/mol. The number of aliphatic carboxylic acids is 1. The van der Waals surface area contributed by atoms with Gasteiger partial charge in [0.1, 0.15) is 10.9 Å². The van der Waals surface area contributed by atoms with Crippen molar-refractivity contribution in [2.24, 2.45) is 0 Å². The molecule has 0 spiro atoms. The predicted octanol–water partition coefficient (Wildman–Crippen LogP) is 6.28. The van der Waals surface area contributed by atoms with Crippen LogP contribution in [0.5, 0.6) is 11.5 Å². The van der Waals surface area contributed by atoms with Gasteiger partial charge in [-0.15, -0.1) is 0 Å². The SMILES string of the molecule is O=C(O)CN1C(=O)C(=Cc2ccc(OCCc3ccccc3)c(O[C@@H](c3ccccc3)C(F)(F)F)c2)SC1=S. The van der Waals surface area contributed by atoms with Gasteiger partial charge in [-0.2, -0.15) is 13.2 Å². The summed E-state index contributed by atoms with van der Waals surface area (Å²) in [6.07, 6.45) is -5.04. The van der Waals surface area contributed by atoms with Gasteiger partial charge in [0.2, 0.25) is 6.10 Å². The van der Waals surface area contributed by atoms with Gasteiger partial charge in [-0.05, 0) is 29.3 Å². The molecular formula is C28H22F3NO5S2. The molecule has 1 aliphatic rings. The number of hydrogen-bond donors (Lipinski definition) is 1. The van der Waals surface area contributed by atoms with Crippen LogP contribution in [0.15, 0.2) is 83.8 Å². The maximum atomic E-state index is 14.1. The summed E-state index contributed by atoms with van der Waals surface area (Å²) < 4.78 is 53.7. The van der Waals surface area contributed by atoms with E-state index >= 15 is 0 Å². The molecule has 1 aliphatic heterocycles. The first-order valence-electron chi connectivity index (χ1n) is 11.7. The highest BCUT2D eigenvalue weighted by Crippen LogP contribution is 2.41. The van der Waals surface area contributed by atoms with E-state index in [0.717, 1.165) is 22.2 Å². The molecule has 4 rings (SSSR count). The molecule has 6 nitrogen and oxygen atoms in total. The van der Waals surface area contributed by atoms with Crippen LogP contribution in [0.25, 0.3) is 6.08 Å².